The first kappa shape index (κ1) is 19.0. The summed E-state index contributed by atoms with van der Waals surface area (Å²) in [4.78, 5) is 20.4. The topological polar surface area (TPSA) is 57.8 Å². The Labute approximate surface area is 174 Å². The van der Waals surface area contributed by atoms with Crippen LogP contribution in [0.1, 0.15) is 6.42 Å². The quantitative estimate of drug-likeness (QED) is 0.382. The molecule has 1 aromatic heterocycles. The smallest absolute Gasteiger partial charge is 0.225 e. The molecule has 0 spiro atoms. The number of rotatable bonds is 7. The average Bonchev–Trinajstić information content (AvgIpc) is 3.20. The van der Waals surface area contributed by atoms with Gasteiger partial charge in [0.1, 0.15) is 0 Å². The molecule has 0 saturated heterocycles. The zero-order valence-corrected chi connectivity index (χ0v) is 16.7. The van der Waals surface area contributed by atoms with Crippen LogP contribution in [0.4, 0.5) is 5.69 Å². The molecule has 2 N–H and O–H groups in total. The van der Waals surface area contributed by atoms with Crippen LogP contribution in [0.2, 0.25) is 0 Å². The zero-order valence-electron chi connectivity index (χ0n) is 15.8. The number of aromatic nitrogens is 2. The number of carbonyl (C=O) groups excluding carboxylic acids is 1. The number of aromatic amines is 1. The van der Waals surface area contributed by atoms with Gasteiger partial charge in [0.05, 0.1) is 11.4 Å². The average molecular weight is 400 g/mol. The summed E-state index contributed by atoms with van der Waals surface area (Å²) in [6.07, 6.45) is 0.418. The molecule has 0 bridgehead atoms. The Balaban J connectivity index is 1.47. The normalized spacial score (nSPS) is 10.6. The molecule has 0 unspecified atom stereocenters. The van der Waals surface area contributed by atoms with Gasteiger partial charge in [0.15, 0.2) is 5.16 Å². The van der Waals surface area contributed by atoms with Crippen LogP contribution >= 0.6 is 11.8 Å². The Morgan fingerprint density at radius 1 is 0.828 bits per heavy atom. The summed E-state index contributed by atoms with van der Waals surface area (Å²) in [5.74, 6) is 0.649. The summed E-state index contributed by atoms with van der Waals surface area (Å²) >= 11 is 1.56. The van der Waals surface area contributed by atoms with E-state index >= 15 is 0 Å². The van der Waals surface area contributed by atoms with E-state index in [0.29, 0.717) is 12.2 Å². The summed E-state index contributed by atoms with van der Waals surface area (Å²) in [5.41, 5.74) is 4.89. The maximum absolute atomic E-state index is 12.2. The van der Waals surface area contributed by atoms with Crippen molar-refractivity contribution >= 4 is 23.4 Å². The molecule has 144 valence electrons. The maximum atomic E-state index is 12.2. The highest BCUT2D eigenvalue weighted by Crippen LogP contribution is 2.32. The molecule has 4 rings (SSSR count). The Hall–Kier alpha value is -3.31. The third kappa shape index (κ3) is 4.95. The van der Waals surface area contributed by atoms with E-state index in [1.54, 1.807) is 11.8 Å². The lowest BCUT2D eigenvalue weighted by Crippen LogP contribution is -2.11. The van der Waals surface area contributed by atoms with Crippen molar-refractivity contribution < 1.29 is 4.79 Å². The second-order valence-corrected chi connectivity index (χ2v) is 7.59. The van der Waals surface area contributed by atoms with Crippen LogP contribution < -0.4 is 5.32 Å². The monoisotopic (exact) mass is 399 g/mol. The number of amides is 1. The molecular weight excluding hydrogens is 378 g/mol. The van der Waals surface area contributed by atoms with Crippen molar-refractivity contribution in [2.45, 2.75) is 11.6 Å². The van der Waals surface area contributed by atoms with Crippen LogP contribution in [0.25, 0.3) is 22.5 Å². The maximum Gasteiger partial charge on any atom is 0.225 e. The van der Waals surface area contributed by atoms with Gasteiger partial charge in [-0.2, -0.15) is 0 Å². The van der Waals surface area contributed by atoms with E-state index in [2.05, 4.69) is 34.6 Å². The highest BCUT2D eigenvalue weighted by atomic mass is 32.2. The van der Waals surface area contributed by atoms with Gasteiger partial charge in [0.2, 0.25) is 5.91 Å². The fourth-order valence-corrected chi connectivity index (χ4v) is 3.83. The van der Waals surface area contributed by atoms with E-state index in [0.717, 1.165) is 33.4 Å². The molecule has 0 saturated carbocycles. The number of imidazole rings is 1. The van der Waals surface area contributed by atoms with E-state index in [1.165, 1.54) is 0 Å². The molecule has 4 nitrogen and oxygen atoms in total. The number of nitrogens with zero attached hydrogens (tertiary/aromatic N) is 1. The predicted molar refractivity (Wildman–Crippen MR) is 120 cm³/mol. The van der Waals surface area contributed by atoms with Crippen molar-refractivity contribution in [2.75, 3.05) is 11.1 Å². The summed E-state index contributed by atoms with van der Waals surface area (Å²) in [6, 6.07) is 29.8. The van der Waals surface area contributed by atoms with E-state index in [4.69, 9.17) is 4.98 Å². The Kier molecular flexibility index (Phi) is 6.07. The number of carbonyl (C=O) groups is 1. The molecule has 1 heterocycles. The lowest BCUT2D eigenvalue weighted by molar-refractivity contribution is -0.115. The minimum Gasteiger partial charge on any atom is -0.332 e. The van der Waals surface area contributed by atoms with E-state index in [1.807, 2.05) is 66.7 Å². The van der Waals surface area contributed by atoms with E-state index < -0.39 is 0 Å². The molecule has 4 aromatic rings. The summed E-state index contributed by atoms with van der Waals surface area (Å²) in [7, 11) is 0. The van der Waals surface area contributed by atoms with Crippen molar-refractivity contribution in [2.24, 2.45) is 0 Å². The number of thioether (sulfide) groups is 1. The van der Waals surface area contributed by atoms with Crippen LogP contribution in [-0.4, -0.2) is 21.6 Å². The van der Waals surface area contributed by atoms with Gasteiger partial charge in [0, 0.05) is 29.0 Å². The number of H-pyrrole nitrogens is 1. The lowest BCUT2D eigenvalue weighted by Gasteiger charge is -2.03. The molecule has 0 aliphatic heterocycles. The standard InChI is InChI=1S/C24H21N3OS/c28-21(25-20-14-8-3-9-15-20)16-17-29-24-26-22(18-10-4-1-5-11-18)23(27-24)19-12-6-2-7-13-19/h1-15H,16-17H2,(H,25,28)(H,26,27). The van der Waals surface area contributed by atoms with Gasteiger partial charge < -0.3 is 10.3 Å². The molecule has 1 amide bonds. The minimum atomic E-state index is 0.00169. The van der Waals surface area contributed by atoms with Crippen molar-refractivity contribution in [1.29, 1.82) is 0 Å². The third-order valence-corrected chi connectivity index (χ3v) is 5.29. The number of nitrogens with one attached hydrogen (secondary N) is 2. The van der Waals surface area contributed by atoms with Crippen LogP contribution in [0, 0.1) is 0 Å². The molecule has 3 aromatic carbocycles. The van der Waals surface area contributed by atoms with Gasteiger partial charge in [-0.3, -0.25) is 4.79 Å². The fraction of sp³-hybridized carbons (Fsp3) is 0.0833. The second-order valence-electron chi connectivity index (χ2n) is 6.51. The summed E-state index contributed by atoms with van der Waals surface area (Å²) < 4.78 is 0. The van der Waals surface area contributed by atoms with Crippen LogP contribution in [0.3, 0.4) is 0 Å². The Bertz CT molecular complexity index is 1010. The number of para-hydroxylation sites is 1. The predicted octanol–water partition coefficient (Wildman–Crippen LogP) is 5.86. The van der Waals surface area contributed by atoms with Crippen molar-refractivity contribution in [1.82, 2.24) is 9.97 Å². The summed E-state index contributed by atoms with van der Waals surface area (Å²) in [5, 5.41) is 3.73. The number of anilines is 1. The number of hydrogen-bond donors (Lipinski definition) is 2. The highest BCUT2D eigenvalue weighted by molar-refractivity contribution is 7.99. The largest absolute Gasteiger partial charge is 0.332 e. The molecule has 5 heteroatoms. The van der Waals surface area contributed by atoms with Gasteiger partial charge >= 0.3 is 0 Å². The SMILES string of the molecule is O=C(CCSc1nc(-c2ccccc2)c(-c2ccccc2)[nH]1)Nc1ccccc1. The molecule has 29 heavy (non-hydrogen) atoms. The molecular formula is C24H21N3OS. The first-order valence-corrected chi connectivity index (χ1v) is 10.5. The van der Waals surface area contributed by atoms with Crippen LogP contribution in [0.15, 0.2) is 96.2 Å². The molecule has 0 radical (unpaired) electrons. The number of hydrogen-bond acceptors (Lipinski definition) is 3. The van der Waals surface area contributed by atoms with Crippen molar-refractivity contribution in [3.8, 4) is 22.5 Å². The third-order valence-electron chi connectivity index (χ3n) is 4.42. The van der Waals surface area contributed by atoms with Gasteiger partial charge in [-0.05, 0) is 12.1 Å². The molecule has 0 fully saturated rings. The first-order valence-electron chi connectivity index (χ1n) is 9.48. The van der Waals surface area contributed by atoms with Gasteiger partial charge in [-0.25, -0.2) is 4.98 Å². The zero-order chi connectivity index (χ0) is 19.9. The van der Waals surface area contributed by atoms with Crippen molar-refractivity contribution in [3.05, 3.63) is 91.0 Å². The van der Waals surface area contributed by atoms with Gasteiger partial charge in [0.25, 0.3) is 0 Å². The summed E-state index contributed by atoms with van der Waals surface area (Å²) in [6.45, 7) is 0. The van der Waals surface area contributed by atoms with E-state index in [-0.39, 0.29) is 5.91 Å². The minimum absolute atomic E-state index is 0.00169. The first-order chi connectivity index (χ1) is 14.3. The van der Waals surface area contributed by atoms with Gasteiger partial charge in [-0.15, -0.1) is 0 Å². The highest BCUT2D eigenvalue weighted by Gasteiger charge is 2.14. The Morgan fingerprint density at radius 2 is 1.41 bits per heavy atom. The lowest BCUT2D eigenvalue weighted by atomic mass is 10.1. The van der Waals surface area contributed by atoms with Crippen LogP contribution in [0.5, 0.6) is 0 Å². The molecule has 0 atom stereocenters. The second kappa shape index (κ2) is 9.26. The Morgan fingerprint density at radius 3 is 2.07 bits per heavy atom. The van der Waals surface area contributed by atoms with Gasteiger partial charge in [-0.1, -0.05) is 90.6 Å². The van der Waals surface area contributed by atoms with E-state index in [9.17, 15) is 4.79 Å². The fourth-order valence-electron chi connectivity index (χ4n) is 3.02. The van der Waals surface area contributed by atoms with Crippen molar-refractivity contribution in [3.63, 3.8) is 0 Å². The number of benzene rings is 3. The molecule has 0 aliphatic carbocycles. The van der Waals surface area contributed by atoms with Crippen LogP contribution in [-0.2, 0) is 4.79 Å². The molecule has 0 aliphatic rings.